The second-order valence-electron chi connectivity index (χ2n) is 6.13. The van der Waals surface area contributed by atoms with Crippen molar-refractivity contribution in [3.8, 4) is 0 Å². The van der Waals surface area contributed by atoms with Crippen molar-refractivity contribution in [1.82, 2.24) is 5.32 Å². The highest BCUT2D eigenvalue weighted by Gasteiger charge is 2.10. The summed E-state index contributed by atoms with van der Waals surface area (Å²) in [6.07, 6.45) is 0.514. The summed E-state index contributed by atoms with van der Waals surface area (Å²) in [5, 5.41) is 22.8. The van der Waals surface area contributed by atoms with Crippen LogP contribution in [0.1, 0.15) is 48.0 Å². The first-order valence-electron chi connectivity index (χ1n) is 8.34. The van der Waals surface area contributed by atoms with Gasteiger partial charge in [0.25, 0.3) is 0 Å². The molecule has 140 valence electrons. The largest absolute Gasteiger partial charge is 0.394 e. The molecule has 1 rings (SSSR count). The van der Waals surface area contributed by atoms with Gasteiger partial charge in [0.1, 0.15) is 0 Å². The number of likely N-dealkylation sites (N-methyl/N-ethyl adjacent to an activating group) is 1. The van der Waals surface area contributed by atoms with Crippen molar-refractivity contribution >= 4 is 17.3 Å². The monoisotopic (exact) mass is 341 g/mol. The van der Waals surface area contributed by atoms with Gasteiger partial charge in [0.15, 0.2) is 0 Å². The highest BCUT2D eigenvalue weighted by molar-refractivity contribution is 5.90. The number of benzene rings is 1. The van der Waals surface area contributed by atoms with Gasteiger partial charge < -0.3 is 15.7 Å². The van der Waals surface area contributed by atoms with Crippen molar-refractivity contribution in [2.75, 3.05) is 24.5 Å². The minimum absolute atomic E-state index is 0.00899. The van der Waals surface area contributed by atoms with Gasteiger partial charge in [-0.3, -0.25) is 15.5 Å². The quantitative estimate of drug-likeness (QED) is 0.511. The van der Waals surface area contributed by atoms with Crippen molar-refractivity contribution < 1.29 is 15.1 Å². The summed E-state index contributed by atoms with van der Waals surface area (Å²) >= 11 is 0. The Morgan fingerprint density at radius 1 is 1.12 bits per heavy atom. The molecule has 0 aliphatic rings. The number of hydrogen-bond acceptors (Lipinski definition) is 5. The maximum absolute atomic E-state index is 11.4. The van der Waals surface area contributed by atoms with Crippen LogP contribution in [0.25, 0.3) is 0 Å². The Morgan fingerprint density at radius 2 is 1.58 bits per heavy atom. The van der Waals surface area contributed by atoms with E-state index in [4.69, 9.17) is 10.3 Å². The predicted octanol–water partition coefficient (Wildman–Crippen LogP) is 3.48. The first kappa shape index (κ1) is 24.6. The van der Waals surface area contributed by atoms with Gasteiger partial charge in [0.2, 0.25) is 5.91 Å². The lowest BCUT2D eigenvalue weighted by Crippen LogP contribution is -2.39. The fourth-order valence-corrected chi connectivity index (χ4v) is 1.29. The third-order valence-electron chi connectivity index (χ3n) is 2.96. The van der Waals surface area contributed by atoms with Crippen LogP contribution in [0, 0.1) is 5.92 Å². The number of rotatable bonds is 6. The number of aliphatic hydroxyl groups excluding tert-OH is 1. The maximum Gasteiger partial charge on any atom is 0.224 e. The number of nitrogens with one attached hydrogen (secondary N) is 3. The Hall–Kier alpha value is -1.63. The van der Waals surface area contributed by atoms with Crippen LogP contribution in [0.3, 0.4) is 0 Å². The molecule has 1 amide bonds. The summed E-state index contributed by atoms with van der Waals surface area (Å²) in [4.78, 5) is 11.4. The molecule has 6 nitrogen and oxygen atoms in total. The molecule has 1 aromatic rings. The van der Waals surface area contributed by atoms with Gasteiger partial charge in [-0.05, 0) is 51.1 Å². The molecule has 0 aliphatic heterocycles. The Balaban J connectivity index is 0. The van der Waals surface area contributed by atoms with Crippen molar-refractivity contribution in [1.29, 1.82) is 0 Å². The lowest BCUT2D eigenvalue weighted by Gasteiger charge is -2.19. The second kappa shape index (κ2) is 13.8. The molecular weight excluding hydrogens is 306 g/mol. The molecule has 5 N–H and O–H groups in total. The number of carbonyl (C=O) groups is 1. The van der Waals surface area contributed by atoms with Gasteiger partial charge >= 0.3 is 0 Å². The lowest BCUT2D eigenvalue weighted by molar-refractivity contribution is -0.116. The molecule has 0 atom stereocenters. The lowest BCUT2D eigenvalue weighted by atomic mass is 10.1. The number of aliphatic hydroxyl groups is 1. The SMILES string of the molecule is CC.CC(C)CC(=O)Nc1ccc(NO)cc1.CNC(C)(C)CO. The fourth-order valence-electron chi connectivity index (χ4n) is 1.29. The molecule has 0 bridgehead atoms. The number of carbonyl (C=O) groups excluding carboxylic acids is 1. The molecule has 0 saturated heterocycles. The average Bonchev–Trinajstić information content (AvgIpc) is 2.57. The normalized spacial score (nSPS) is 10.1. The molecule has 0 aliphatic carbocycles. The van der Waals surface area contributed by atoms with Crippen LogP contribution in [-0.4, -0.2) is 35.4 Å². The minimum Gasteiger partial charge on any atom is -0.394 e. The number of hydrogen-bond donors (Lipinski definition) is 5. The van der Waals surface area contributed by atoms with E-state index in [-0.39, 0.29) is 18.1 Å². The van der Waals surface area contributed by atoms with Crippen LogP contribution in [0.4, 0.5) is 11.4 Å². The van der Waals surface area contributed by atoms with Crippen LogP contribution in [0.2, 0.25) is 0 Å². The molecule has 24 heavy (non-hydrogen) atoms. The first-order valence-corrected chi connectivity index (χ1v) is 8.34. The van der Waals surface area contributed by atoms with Crippen LogP contribution in [-0.2, 0) is 4.79 Å². The number of anilines is 2. The minimum atomic E-state index is -0.111. The summed E-state index contributed by atoms with van der Waals surface area (Å²) < 4.78 is 0. The second-order valence-corrected chi connectivity index (χ2v) is 6.13. The highest BCUT2D eigenvalue weighted by Crippen LogP contribution is 2.13. The van der Waals surface area contributed by atoms with E-state index in [0.29, 0.717) is 18.0 Å². The van der Waals surface area contributed by atoms with Gasteiger partial charge in [0, 0.05) is 17.6 Å². The topological polar surface area (TPSA) is 93.6 Å². The Kier molecular flexibility index (Phi) is 14.1. The van der Waals surface area contributed by atoms with Gasteiger partial charge in [-0.15, -0.1) is 0 Å². The Bertz CT molecular complexity index is 426. The molecular formula is C18H35N3O3. The zero-order valence-corrected chi connectivity index (χ0v) is 16.1. The molecule has 0 fully saturated rings. The predicted molar refractivity (Wildman–Crippen MR) is 102 cm³/mol. The van der Waals surface area contributed by atoms with Gasteiger partial charge in [-0.25, -0.2) is 0 Å². The van der Waals surface area contributed by atoms with E-state index >= 15 is 0 Å². The van der Waals surface area contributed by atoms with Gasteiger partial charge in [0.05, 0.1) is 12.3 Å². The first-order chi connectivity index (χ1) is 11.2. The van der Waals surface area contributed by atoms with E-state index in [1.54, 1.807) is 24.3 Å². The third kappa shape index (κ3) is 12.9. The van der Waals surface area contributed by atoms with Crippen molar-refractivity contribution in [3.05, 3.63) is 24.3 Å². The third-order valence-corrected chi connectivity index (χ3v) is 2.96. The molecule has 0 radical (unpaired) electrons. The summed E-state index contributed by atoms with van der Waals surface area (Å²) in [6, 6.07) is 6.84. The fraction of sp³-hybridized carbons (Fsp3) is 0.611. The van der Waals surface area contributed by atoms with Gasteiger partial charge in [-0.1, -0.05) is 27.7 Å². The molecule has 0 spiro atoms. The van der Waals surface area contributed by atoms with Crippen molar-refractivity contribution in [3.63, 3.8) is 0 Å². The number of amides is 1. The summed E-state index contributed by atoms with van der Waals surface area (Å²) in [6.45, 7) is 12.1. The highest BCUT2D eigenvalue weighted by atomic mass is 16.5. The van der Waals surface area contributed by atoms with Gasteiger partial charge in [-0.2, -0.15) is 0 Å². The zero-order valence-electron chi connectivity index (χ0n) is 16.1. The zero-order chi connectivity index (χ0) is 19.2. The summed E-state index contributed by atoms with van der Waals surface area (Å²) in [5.74, 6) is 0.359. The van der Waals surface area contributed by atoms with E-state index in [2.05, 4.69) is 10.6 Å². The Labute approximate surface area is 146 Å². The maximum atomic E-state index is 11.4. The standard InChI is InChI=1S/C11H16N2O2.C5H13NO.C2H6/c1-8(2)7-11(14)12-9-3-5-10(13-15)6-4-9;1-5(2,4-7)6-3;1-2/h3-6,8,13,15H,7H2,1-2H3,(H,12,14);6-7H,4H2,1-3H3;1-2H3. The van der Waals surface area contributed by atoms with E-state index in [1.165, 1.54) is 0 Å². The smallest absolute Gasteiger partial charge is 0.224 e. The van der Waals surface area contributed by atoms with E-state index < -0.39 is 0 Å². The van der Waals surface area contributed by atoms with Crippen molar-refractivity contribution in [2.24, 2.45) is 5.92 Å². The van der Waals surface area contributed by atoms with Crippen LogP contribution in [0.15, 0.2) is 24.3 Å². The molecule has 0 unspecified atom stereocenters. The van der Waals surface area contributed by atoms with E-state index in [0.717, 1.165) is 5.69 Å². The molecule has 1 aromatic carbocycles. The van der Waals surface area contributed by atoms with Crippen molar-refractivity contribution in [2.45, 2.75) is 53.5 Å². The van der Waals surface area contributed by atoms with Crippen LogP contribution >= 0.6 is 0 Å². The summed E-state index contributed by atoms with van der Waals surface area (Å²) in [5.41, 5.74) is 3.25. The van der Waals surface area contributed by atoms with Crippen LogP contribution in [0.5, 0.6) is 0 Å². The van der Waals surface area contributed by atoms with E-state index in [9.17, 15) is 4.79 Å². The summed E-state index contributed by atoms with van der Waals surface area (Å²) in [7, 11) is 1.83. The molecule has 0 aromatic heterocycles. The Morgan fingerprint density at radius 3 is 1.88 bits per heavy atom. The molecule has 6 heteroatoms. The molecule has 0 saturated carbocycles. The molecule has 0 heterocycles. The van der Waals surface area contributed by atoms with Crippen LogP contribution < -0.4 is 16.1 Å². The van der Waals surface area contributed by atoms with E-state index in [1.807, 2.05) is 54.1 Å². The average molecular weight is 341 g/mol.